The van der Waals surface area contributed by atoms with Crippen molar-refractivity contribution in [3.8, 4) is 0 Å². The summed E-state index contributed by atoms with van der Waals surface area (Å²) in [5, 5.41) is 11.2. The number of carbonyl (C=O) groups is 2. The molecule has 2 rings (SSSR count). The average molecular weight is 263 g/mol. The first-order chi connectivity index (χ1) is 9.06. The molecule has 1 saturated carbocycles. The van der Waals surface area contributed by atoms with Crippen molar-refractivity contribution >= 4 is 17.8 Å². The molecule has 2 amide bonds. The molecule has 1 heterocycles. The van der Waals surface area contributed by atoms with Crippen LogP contribution in [0.2, 0.25) is 0 Å². The molecule has 0 atom stereocenters. The maximum atomic E-state index is 11.8. The minimum absolute atomic E-state index is 0.0700. The number of aromatic nitrogens is 1. The van der Waals surface area contributed by atoms with E-state index in [4.69, 9.17) is 5.11 Å². The fourth-order valence-electron chi connectivity index (χ4n) is 1.76. The first-order valence-electron chi connectivity index (χ1n) is 6.26. The van der Waals surface area contributed by atoms with Gasteiger partial charge in [-0.2, -0.15) is 0 Å². The van der Waals surface area contributed by atoms with E-state index in [1.54, 1.807) is 13.2 Å². The molecule has 1 aliphatic carbocycles. The molecule has 1 fully saturated rings. The summed E-state index contributed by atoms with van der Waals surface area (Å²) < 4.78 is 0. The van der Waals surface area contributed by atoms with Gasteiger partial charge in [0, 0.05) is 19.8 Å². The van der Waals surface area contributed by atoms with E-state index >= 15 is 0 Å². The van der Waals surface area contributed by atoms with E-state index < -0.39 is 5.97 Å². The molecule has 1 aliphatic rings. The van der Waals surface area contributed by atoms with Crippen molar-refractivity contribution in [2.75, 3.05) is 18.9 Å². The third-order valence-electron chi connectivity index (χ3n) is 3.08. The summed E-state index contributed by atoms with van der Waals surface area (Å²) in [7, 11) is 1.56. The van der Waals surface area contributed by atoms with Crippen LogP contribution in [0.5, 0.6) is 0 Å². The number of urea groups is 1. The highest BCUT2D eigenvalue weighted by molar-refractivity contribution is 5.88. The highest BCUT2D eigenvalue weighted by Crippen LogP contribution is 2.40. The molecule has 0 radical (unpaired) electrons. The van der Waals surface area contributed by atoms with Crippen LogP contribution in [0.3, 0.4) is 0 Å². The largest absolute Gasteiger partial charge is 0.481 e. The Bertz CT molecular complexity index is 486. The first-order valence-corrected chi connectivity index (χ1v) is 6.26. The highest BCUT2D eigenvalue weighted by Gasteiger charge is 2.23. The number of nitrogens with one attached hydrogen (secondary N) is 1. The van der Waals surface area contributed by atoms with Crippen LogP contribution in [0.4, 0.5) is 10.6 Å². The van der Waals surface area contributed by atoms with E-state index in [9.17, 15) is 9.59 Å². The van der Waals surface area contributed by atoms with Gasteiger partial charge in [-0.15, -0.1) is 0 Å². The van der Waals surface area contributed by atoms with Gasteiger partial charge in [-0.25, -0.2) is 9.78 Å². The lowest BCUT2D eigenvalue weighted by molar-refractivity contribution is -0.137. The summed E-state index contributed by atoms with van der Waals surface area (Å²) in [5.41, 5.74) is 1.19. The number of nitrogens with zero attached hydrogens (tertiary/aromatic N) is 2. The minimum atomic E-state index is -0.923. The van der Waals surface area contributed by atoms with E-state index in [-0.39, 0.29) is 19.0 Å². The van der Waals surface area contributed by atoms with E-state index in [2.05, 4.69) is 10.3 Å². The first kappa shape index (κ1) is 13.3. The van der Waals surface area contributed by atoms with Crippen LogP contribution >= 0.6 is 0 Å². The zero-order valence-corrected chi connectivity index (χ0v) is 10.8. The summed E-state index contributed by atoms with van der Waals surface area (Å²) in [6.45, 7) is 0.170. The van der Waals surface area contributed by atoms with Crippen molar-refractivity contribution in [2.24, 2.45) is 0 Å². The van der Waals surface area contributed by atoms with E-state index in [0.717, 1.165) is 0 Å². The molecule has 0 aromatic carbocycles. The van der Waals surface area contributed by atoms with Crippen LogP contribution in [-0.4, -0.2) is 40.6 Å². The van der Waals surface area contributed by atoms with Crippen LogP contribution < -0.4 is 5.32 Å². The Morgan fingerprint density at radius 2 is 2.26 bits per heavy atom. The van der Waals surface area contributed by atoms with Gasteiger partial charge in [0.15, 0.2) is 0 Å². The van der Waals surface area contributed by atoms with Gasteiger partial charge in [-0.05, 0) is 36.5 Å². The molecular weight excluding hydrogens is 246 g/mol. The lowest BCUT2D eigenvalue weighted by Crippen LogP contribution is -2.33. The predicted octanol–water partition coefficient (Wildman–Crippen LogP) is 1.90. The van der Waals surface area contributed by atoms with Gasteiger partial charge in [0.1, 0.15) is 5.82 Å². The Balaban J connectivity index is 1.90. The van der Waals surface area contributed by atoms with Crippen molar-refractivity contribution < 1.29 is 14.7 Å². The zero-order valence-electron chi connectivity index (χ0n) is 10.8. The van der Waals surface area contributed by atoms with Crippen LogP contribution in [0.1, 0.15) is 30.7 Å². The van der Waals surface area contributed by atoms with Crippen LogP contribution in [-0.2, 0) is 4.79 Å². The number of hydrogen-bond acceptors (Lipinski definition) is 3. The number of carbonyl (C=O) groups excluding carboxylic acids is 1. The number of rotatable bonds is 5. The zero-order chi connectivity index (χ0) is 13.8. The second-order valence-corrected chi connectivity index (χ2v) is 4.74. The molecule has 0 spiro atoms. The van der Waals surface area contributed by atoms with E-state index in [1.165, 1.54) is 23.3 Å². The van der Waals surface area contributed by atoms with E-state index in [1.807, 2.05) is 12.1 Å². The standard InChI is InChI=1S/C13H17N3O3/c1-16(7-5-12(17)18)13(19)15-11-8-10(4-6-14-11)9-2-3-9/h4,6,8-9H,2-3,5,7H2,1H3,(H,17,18)(H,14,15,19). The Morgan fingerprint density at radius 3 is 2.89 bits per heavy atom. The van der Waals surface area contributed by atoms with Gasteiger partial charge in [0.2, 0.25) is 0 Å². The molecule has 1 aromatic heterocycles. The topological polar surface area (TPSA) is 82.5 Å². The Labute approximate surface area is 111 Å². The summed E-state index contributed by atoms with van der Waals surface area (Å²) in [6, 6.07) is 3.49. The number of anilines is 1. The van der Waals surface area contributed by atoms with Crippen molar-refractivity contribution in [3.05, 3.63) is 23.9 Å². The molecule has 19 heavy (non-hydrogen) atoms. The van der Waals surface area contributed by atoms with Crippen molar-refractivity contribution in [1.29, 1.82) is 0 Å². The molecule has 0 unspecified atom stereocenters. The van der Waals surface area contributed by atoms with Crippen LogP contribution in [0.25, 0.3) is 0 Å². The molecular formula is C13H17N3O3. The van der Waals surface area contributed by atoms with Gasteiger partial charge >= 0.3 is 12.0 Å². The van der Waals surface area contributed by atoms with Gasteiger partial charge in [0.25, 0.3) is 0 Å². The van der Waals surface area contributed by atoms with Gasteiger partial charge < -0.3 is 10.0 Å². The number of hydrogen-bond donors (Lipinski definition) is 2. The third-order valence-corrected chi connectivity index (χ3v) is 3.08. The Hall–Kier alpha value is -2.11. The fraction of sp³-hybridized carbons (Fsp3) is 0.462. The molecule has 2 N–H and O–H groups in total. The van der Waals surface area contributed by atoms with Gasteiger partial charge in [-0.1, -0.05) is 0 Å². The molecule has 1 aromatic rings. The smallest absolute Gasteiger partial charge is 0.322 e. The third kappa shape index (κ3) is 3.94. The second kappa shape index (κ2) is 5.69. The quantitative estimate of drug-likeness (QED) is 0.850. The number of carboxylic acids is 1. The summed E-state index contributed by atoms with van der Waals surface area (Å²) in [6.07, 6.45) is 3.99. The number of aliphatic carboxylic acids is 1. The van der Waals surface area contributed by atoms with Crippen molar-refractivity contribution in [3.63, 3.8) is 0 Å². The normalized spacial score (nSPS) is 13.9. The van der Waals surface area contributed by atoms with Crippen molar-refractivity contribution in [1.82, 2.24) is 9.88 Å². The molecule has 0 aliphatic heterocycles. The SMILES string of the molecule is CN(CCC(=O)O)C(=O)Nc1cc(C2CC2)ccn1. The summed E-state index contributed by atoms with van der Waals surface area (Å²) in [4.78, 5) is 27.7. The molecule has 0 bridgehead atoms. The summed E-state index contributed by atoms with van der Waals surface area (Å²) >= 11 is 0. The van der Waals surface area contributed by atoms with E-state index in [0.29, 0.717) is 11.7 Å². The minimum Gasteiger partial charge on any atom is -0.481 e. The highest BCUT2D eigenvalue weighted by atomic mass is 16.4. The Morgan fingerprint density at radius 1 is 1.53 bits per heavy atom. The second-order valence-electron chi connectivity index (χ2n) is 4.74. The number of carboxylic acid groups (broad SMARTS) is 1. The monoisotopic (exact) mass is 263 g/mol. The summed E-state index contributed by atoms with van der Waals surface area (Å²) in [5.74, 6) is 0.188. The van der Waals surface area contributed by atoms with Gasteiger partial charge in [0.05, 0.1) is 6.42 Å². The van der Waals surface area contributed by atoms with Gasteiger partial charge in [-0.3, -0.25) is 10.1 Å². The average Bonchev–Trinajstić information content (AvgIpc) is 3.20. The Kier molecular flexibility index (Phi) is 3.99. The number of amides is 2. The maximum absolute atomic E-state index is 11.8. The maximum Gasteiger partial charge on any atom is 0.322 e. The molecule has 0 saturated heterocycles. The van der Waals surface area contributed by atoms with Crippen LogP contribution in [0, 0.1) is 0 Å². The predicted molar refractivity (Wildman–Crippen MR) is 70.1 cm³/mol. The molecule has 6 heteroatoms. The van der Waals surface area contributed by atoms with Crippen LogP contribution in [0.15, 0.2) is 18.3 Å². The lowest BCUT2D eigenvalue weighted by atomic mass is 10.2. The molecule has 6 nitrogen and oxygen atoms in total. The molecule has 102 valence electrons. The fourth-order valence-corrected chi connectivity index (χ4v) is 1.76. The lowest BCUT2D eigenvalue weighted by Gasteiger charge is -2.16. The number of pyridine rings is 1. The van der Waals surface area contributed by atoms with Crippen molar-refractivity contribution in [2.45, 2.75) is 25.2 Å².